The lowest BCUT2D eigenvalue weighted by Crippen LogP contribution is -2.55. The van der Waals surface area contributed by atoms with Crippen LogP contribution in [0, 0.1) is 0 Å². The number of amides is 2. The second-order valence-electron chi connectivity index (χ2n) is 7.15. The Labute approximate surface area is 184 Å². The van der Waals surface area contributed by atoms with E-state index in [0.29, 0.717) is 0 Å². The summed E-state index contributed by atoms with van der Waals surface area (Å²) in [6, 6.07) is 7.40. The van der Waals surface area contributed by atoms with E-state index in [1.165, 1.54) is 12.3 Å². The fraction of sp³-hybridized carbons (Fsp3) is 0.421. The average Bonchev–Trinajstić information content (AvgIpc) is 3.13. The SMILES string of the molecule is CC(=O)N[C@@H](C)[C@@H](O)[C@H](O)[C@@H](Cc1ccccc1)NC(=O)c1csc(NS(C)(=O)=O)n1. The van der Waals surface area contributed by atoms with Gasteiger partial charge in [0.05, 0.1) is 18.3 Å². The quantitative estimate of drug-likeness (QED) is 0.329. The lowest BCUT2D eigenvalue weighted by Gasteiger charge is -2.31. The Morgan fingerprint density at radius 3 is 2.35 bits per heavy atom. The minimum Gasteiger partial charge on any atom is -0.388 e. The van der Waals surface area contributed by atoms with Gasteiger partial charge in [-0.25, -0.2) is 13.4 Å². The van der Waals surface area contributed by atoms with Crippen LogP contribution < -0.4 is 15.4 Å². The standard InChI is InChI=1S/C19H26N4O6S2/c1-11(20-12(2)24)16(25)17(26)14(9-13-7-5-4-6-8-13)21-18(27)15-10-30-19(22-15)23-31(3,28)29/h4-8,10-11,14,16-17,25-26H,9H2,1-3H3,(H,20,24)(H,21,27)(H,22,23)/t11-,14+,16+,17+/m0/s1. The molecule has 2 amide bonds. The Balaban J connectivity index is 2.19. The van der Waals surface area contributed by atoms with Crippen LogP contribution in [0.1, 0.15) is 29.9 Å². The van der Waals surface area contributed by atoms with Gasteiger partial charge in [0, 0.05) is 12.3 Å². The van der Waals surface area contributed by atoms with Crippen LogP contribution in [-0.2, 0) is 21.2 Å². The molecule has 0 radical (unpaired) electrons. The van der Waals surface area contributed by atoms with E-state index in [1.54, 1.807) is 19.1 Å². The number of aliphatic hydroxyl groups excluding tert-OH is 2. The fourth-order valence-corrected chi connectivity index (χ4v) is 4.43. The zero-order valence-electron chi connectivity index (χ0n) is 17.3. The topological polar surface area (TPSA) is 158 Å². The van der Waals surface area contributed by atoms with Gasteiger partial charge in [-0.05, 0) is 18.9 Å². The number of anilines is 1. The number of thiazole rings is 1. The molecule has 12 heteroatoms. The third-order valence-electron chi connectivity index (χ3n) is 4.33. The van der Waals surface area contributed by atoms with Gasteiger partial charge in [0.25, 0.3) is 5.91 Å². The van der Waals surface area contributed by atoms with Crippen molar-refractivity contribution in [2.24, 2.45) is 0 Å². The third-order valence-corrected chi connectivity index (χ3v) is 5.78. The van der Waals surface area contributed by atoms with Crippen molar-refractivity contribution >= 4 is 38.3 Å². The molecule has 0 saturated carbocycles. The van der Waals surface area contributed by atoms with E-state index in [4.69, 9.17) is 0 Å². The minimum absolute atomic E-state index is 0.0344. The first kappa shape index (κ1) is 24.7. The Morgan fingerprint density at radius 2 is 1.77 bits per heavy atom. The maximum Gasteiger partial charge on any atom is 0.271 e. The molecule has 1 heterocycles. The molecule has 2 rings (SSSR count). The summed E-state index contributed by atoms with van der Waals surface area (Å²) in [6.45, 7) is 2.84. The molecule has 31 heavy (non-hydrogen) atoms. The Morgan fingerprint density at radius 1 is 1.13 bits per heavy atom. The number of hydrogen-bond acceptors (Lipinski definition) is 8. The predicted molar refractivity (Wildman–Crippen MR) is 117 cm³/mol. The summed E-state index contributed by atoms with van der Waals surface area (Å²) in [6.07, 6.45) is -1.58. The zero-order chi connectivity index (χ0) is 23.2. The highest BCUT2D eigenvalue weighted by atomic mass is 32.2. The van der Waals surface area contributed by atoms with Crippen LogP contribution in [0.25, 0.3) is 0 Å². The highest BCUT2D eigenvalue weighted by Crippen LogP contribution is 2.18. The monoisotopic (exact) mass is 470 g/mol. The Bertz CT molecular complexity index is 996. The smallest absolute Gasteiger partial charge is 0.271 e. The van der Waals surface area contributed by atoms with Crippen LogP contribution in [0.5, 0.6) is 0 Å². The second-order valence-corrected chi connectivity index (χ2v) is 9.76. The summed E-state index contributed by atoms with van der Waals surface area (Å²) < 4.78 is 24.9. The van der Waals surface area contributed by atoms with E-state index in [2.05, 4.69) is 20.3 Å². The molecule has 0 spiro atoms. The molecule has 170 valence electrons. The molecule has 0 aliphatic carbocycles. The number of carbonyl (C=O) groups excluding carboxylic acids is 2. The normalized spacial score (nSPS) is 15.4. The molecular weight excluding hydrogens is 444 g/mol. The van der Waals surface area contributed by atoms with Crippen molar-refractivity contribution in [2.75, 3.05) is 11.0 Å². The summed E-state index contributed by atoms with van der Waals surface area (Å²) in [7, 11) is -3.54. The third kappa shape index (κ3) is 7.90. The molecule has 0 bridgehead atoms. The lowest BCUT2D eigenvalue weighted by molar-refractivity contribution is -0.121. The fourth-order valence-electron chi connectivity index (χ4n) is 2.89. The number of nitrogens with zero attached hydrogens (tertiary/aromatic N) is 1. The van der Waals surface area contributed by atoms with Crippen LogP contribution in [0.15, 0.2) is 35.7 Å². The number of hydrogen-bond donors (Lipinski definition) is 5. The molecule has 0 fully saturated rings. The summed E-state index contributed by atoms with van der Waals surface area (Å²) in [4.78, 5) is 27.9. The van der Waals surface area contributed by atoms with Crippen LogP contribution >= 0.6 is 11.3 Å². The van der Waals surface area contributed by atoms with Crippen LogP contribution in [0.2, 0.25) is 0 Å². The molecule has 4 atom stereocenters. The maximum atomic E-state index is 12.7. The van der Waals surface area contributed by atoms with Crippen molar-refractivity contribution < 1.29 is 28.2 Å². The van der Waals surface area contributed by atoms with Crippen molar-refractivity contribution in [2.45, 2.75) is 44.6 Å². The van der Waals surface area contributed by atoms with E-state index < -0.39 is 40.2 Å². The number of benzene rings is 1. The average molecular weight is 471 g/mol. The first-order chi connectivity index (χ1) is 14.5. The molecular formula is C19H26N4O6S2. The van der Waals surface area contributed by atoms with Crippen LogP contribution in [0.3, 0.4) is 0 Å². The highest BCUT2D eigenvalue weighted by molar-refractivity contribution is 7.92. The Hall–Kier alpha value is -2.54. The molecule has 0 unspecified atom stereocenters. The molecule has 1 aromatic carbocycles. The van der Waals surface area contributed by atoms with Gasteiger partial charge in [-0.15, -0.1) is 11.3 Å². The summed E-state index contributed by atoms with van der Waals surface area (Å²) in [5.41, 5.74) is 0.773. The van der Waals surface area contributed by atoms with Gasteiger partial charge in [0.1, 0.15) is 17.9 Å². The number of carbonyl (C=O) groups is 2. The number of sulfonamides is 1. The zero-order valence-corrected chi connectivity index (χ0v) is 18.9. The van der Waals surface area contributed by atoms with Crippen molar-refractivity contribution in [3.63, 3.8) is 0 Å². The number of aliphatic hydroxyl groups is 2. The van der Waals surface area contributed by atoms with Gasteiger partial charge in [0.2, 0.25) is 15.9 Å². The van der Waals surface area contributed by atoms with Gasteiger partial charge >= 0.3 is 0 Å². The van der Waals surface area contributed by atoms with Gasteiger partial charge in [-0.1, -0.05) is 30.3 Å². The van der Waals surface area contributed by atoms with Crippen LogP contribution in [0.4, 0.5) is 5.13 Å². The first-order valence-corrected chi connectivity index (χ1v) is 12.1. The largest absolute Gasteiger partial charge is 0.388 e. The molecule has 10 nitrogen and oxygen atoms in total. The van der Waals surface area contributed by atoms with Crippen molar-refractivity contribution in [1.82, 2.24) is 15.6 Å². The van der Waals surface area contributed by atoms with E-state index >= 15 is 0 Å². The van der Waals surface area contributed by atoms with Crippen molar-refractivity contribution in [3.8, 4) is 0 Å². The molecule has 0 aliphatic heterocycles. The predicted octanol–water partition coefficient (Wildman–Crippen LogP) is 0.102. The molecule has 0 aliphatic rings. The van der Waals surface area contributed by atoms with E-state index in [0.717, 1.165) is 23.2 Å². The summed E-state index contributed by atoms with van der Waals surface area (Å²) >= 11 is 0.941. The van der Waals surface area contributed by atoms with Crippen LogP contribution in [-0.4, -0.2) is 66.0 Å². The number of aromatic nitrogens is 1. The van der Waals surface area contributed by atoms with Gasteiger partial charge in [-0.3, -0.25) is 14.3 Å². The first-order valence-electron chi connectivity index (χ1n) is 9.37. The number of nitrogens with one attached hydrogen (secondary N) is 3. The maximum absolute atomic E-state index is 12.7. The summed E-state index contributed by atoms with van der Waals surface area (Å²) in [5, 5.41) is 27.8. The van der Waals surface area contributed by atoms with E-state index in [1.807, 2.05) is 18.2 Å². The van der Waals surface area contributed by atoms with Gasteiger partial charge in [0.15, 0.2) is 5.13 Å². The molecule has 1 aromatic heterocycles. The summed E-state index contributed by atoms with van der Waals surface area (Å²) in [5.74, 6) is -1.01. The Kier molecular flexibility index (Phi) is 8.51. The van der Waals surface area contributed by atoms with E-state index in [-0.39, 0.29) is 23.2 Å². The highest BCUT2D eigenvalue weighted by Gasteiger charge is 2.32. The van der Waals surface area contributed by atoms with Crippen molar-refractivity contribution in [3.05, 3.63) is 47.0 Å². The lowest BCUT2D eigenvalue weighted by atomic mass is 9.94. The van der Waals surface area contributed by atoms with Crippen molar-refractivity contribution in [1.29, 1.82) is 0 Å². The minimum atomic E-state index is -3.54. The second kappa shape index (κ2) is 10.7. The number of rotatable bonds is 10. The van der Waals surface area contributed by atoms with E-state index in [9.17, 15) is 28.2 Å². The molecule has 2 aromatic rings. The van der Waals surface area contributed by atoms with Gasteiger partial charge in [-0.2, -0.15) is 0 Å². The molecule has 0 saturated heterocycles. The molecule has 5 N–H and O–H groups in total. The van der Waals surface area contributed by atoms with Gasteiger partial charge < -0.3 is 20.8 Å².